The van der Waals surface area contributed by atoms with E-state index in [1.54, 1.807) is 11.1 Å². The molecule has 2 aromatic rings. The van der Waals surface area contributed by atoms with Crippen molar-refractivity contribution in [1.82, 2.24) is 0 Å². The molecule has 0 aliphatic heterocycles. The van der Waals surface area contributed by atoms with Gasteiger partial charge in [-0.1, -0.05) is 67.9 Å². The molecule has 2 aliphatic carbocycles. The van der Waals surface area contributed by atoms with Crippen molar-refractivity contribution in [1.29, 1.82) is 0 Å². The molecule has 1 fully saturated rings. The Labute approximate surface area is 147 Å². The van der Waals surface area contributed by atoms with Gasteiger partial charge >= 0.3 is 0 Å². The minimum absolute atomic E-state index is 0.343. The Morgan fingerprint density at radius 1 is 0.917 bits per heavy atom. The highest BCUT2D eigenvalue weighted by molar-refractivity contribution is 5.47. The van der Waals surface area contributed by atoms with Crippen LogP contribution < -0.4 is 0 Å². The van der Waals surface area contributed by atoms with Crippen molar-refractivity contribution in [2.75, 3.05) is 0 Å². The summed E-state index contributed by atoms with van der Waals surface area (Å²) in [4.78, 5) is 0. The first-order valence-electron chi connectivity index (χ1n) is 9.64. The first-order valence-corrected chi connectivity index (χ1v) is 9.64. The lowest BCUT2D eigenvalue weighted by Gasteiger charge is -2.39. The van der Waals surface area contributed by atoms with Crippen molar-refractivity contribution >= 4 is 0 Å². The van der Waals surface area contributed by atoms with Gasteiger partial charge in [0.2, 0.25) is 0 Å². The number of hydrogen-bond acceptors (Lipinski definition) is 0. The van der Waals surface area contributed by atoms with Gasteiger partial charge in [-0.25, -0.2) is 0 Å². The van der Waals surface area contributed by atoms with E-state index in [9.17, 15) is 0 Å². The zero-order chi connectivity index (χ0) is 16.8. The van der Waals surface area contributed by atoms with Crippen LogP contribution in [-0.2, 0) is 17.3 Å². The third-order valence-corrected chi connectivity index (χ3v) is 6.69. The lowest BCUT2D eigenvalue weighted by Crippen LogP contribution is -2.32. The standard InChI is InChI=1S/C24H30/c1-18-9-10-21-22(15-18)24(17-23(21,2)3)13-11-20(12-14-24)16-19-7-5-4-6-8-19/h4-10,15,20H,11-14,16-17H2,1-3H3. The summed E-state index contributed by atoms with van der Waals surface area (Å²) in [6, 6.07) is 18.3. The van der Waals surface area contributed by atoms with Crippen LogP contribution in [0.25, 0.3) is 0 Å². The van der Waals surface area contributed by atoms with E-state index in [0.29, 0.717) is 10.8 Å². The predicted octanol–water partition coefficient (Wildman–Crippen LogP) is 6.35. The normalized spacial score (nSPS) is 28.0. The number of aryl methyl sites for hydroxylation is 1. The van der Waals surface area contributed by atoms with Gasteiger partial charge in [0.15, 0.2) is 0 Å². The van der Waals surface area contributed by atoms with E-state index < -0.39 is 0 Å². The zero-order valence-corrected chi connectivity index (χ0v) is 15.4. The summed E-state index contributed by atoms with van der Waals surface area (Å²) in [6.45, 7) is 7.15. The molecular weight excluding hydrogens is 288 g/mol. The van der Waals surface area contributed by atoms with Gasteiger partial charge in [0.25, 0.3) is 0 Å². The van der Waals surface area contributed by atoms with Gasteiger partial charge < -0.3 is 0 Å². The van der Waals surface area contributed by atoms with Gasteiger partial charge in [0.05, 0.1) is 0 Å². The molecule has 0 nitrogen and oxygen atoms in total. The lowest BCUT2D eigenvalue weighted by atomic mass is 9.65. The molecule has 0 aromatic heterocycles. The minimum Gasteiger partial charge on any atom is -0.0622 e. The lowest BCUT2D eigenvalue weighted by molar-refractivity contribution is 0.208. The van der Waals surface area contributed by atoms with Crippen LogP contribution in [0.4, 0.5) is 0 Å². The molecule has 0 heteroatoms. The Kier molecular flexibility index (Phi) is 3.82. The monoisotopic (exact) mass is 318 g/mol. The smallest absolute Gasteiger partial charge is 0.00355 e. The van der Waals surface area contributed by atoms with Gasteiger partial charge in [-0.3, -0.25) is 0 Å². The summed E-state index contributed by atoms with van der Waals surface area (Å²) in [5.41, 5.74) is 7.05. The van der Waals surface area contributed by atoms with E-state index in [1.165, 1.54) is 49.7 Å². The van der Waals surface area contributed by atoms with Crippen LogP contribution >= 0.6 is 0 Å². The Morgan fingerprint density at radius 3 is 2.33 bits per heavy atom. The van der Waals surface area contributed by atoms with Crippen LogP contribution in [0.1, 0.15) is 68.2 Å². The van der Waals surface area contributed by atoms with Crippen molar-refractivity contribution in [3.8, 4) is 0 Å². The second kappa shape index (κ2) is 5.76. The second-order valence-electron chi connectivity index (χ2n) is 9.02. The van der Waals surface area contributed by atoms with E-state index in [-0.39, 0.29) is 0 Å². The van der Waals surface area contributed by atoms with Gasteiger partial charge in [0.1, 0.15) is 0 Å². The van der Waals surface area contributed by atoms with Crippen molar-refractivity contribution in [2.24, 2.45) is 5.92 Å². The molecule has 0 saturated heterocycles. The maximum absolute atomic E-state index is 2.50. The molecule has 0 bridgehead atoms. The second-order valence-corrected chi connectivity index (χ2v) is 9.02. The molecule has 0 atom stereocenters. The highest BCUT2D eigenvalue weighted by atomic mass is 14.5. The van der Waals surface area contributed by atoms with Gasteiger partial charge in [-0.15, -0.1) is 0 Å². The fraction of sp³-hybridized carbons (Fsp3) is 0.500. The van der Waals surface area contributed by atoms with Crippen molar-refractivity contribution in [2.45, 2.75) is 70.1 Å². The molecule has 0 N–H and O–H groups in total. The van der Waals surface area contributed by atoms with Crippen molar-refractivity contribution in [3.63, 3.8) is 0 Å². The third kappa shape index (κ3) is 2.70. The van der Waals surface area contributed by atoms with E-state index in [2.05, 4.69) is 69.3 Å². The number of hydrogen-bond donors (Lipinski definition) is 0. The molecule has 1 spiro atoms. The Hall–Kier alpha value is -1.56. The predicted molar refractivity (Wildman–Crippen MR) is 103 cm³/mol. The SMILES string of the molecule is Cc1ccc2c(c1)C1(CCC(Cc3ccccc3)CC1)CC2(C)C. The van der Waals surface area contributed by atoms with Gasteiger partial charge in [-0.2, -0.15) is 0 Å². The van der Waals surface area contributed by atoms with Crippen molar-refractivity contribution < 1.29 is 0 Å². The third-order valence-electron chi connectivity index (χ3n) is 6.69. The van der Waals surface area contributed by atoms with Crippen molar-refractivity contribution in [3.05, 3.63) is 70.8 Å². The first kappa shape index (κ1) is 15.9. The Balaban J connectivity index is 1.54. The van der Waals surface area contributed by atoms with Crippen LogP contribution in [-0.4, -0.2) is 0 Å². The molecule has 4 rings (SSSR count). The van der Waals surface area contributed by atoms with E-state index in [4.69, 9.17) is 0 Å². The Morgan fingerprint density at radius 2 is 1.62 bits per heavy atom. The largest absolute Gasteiger partial charge is 0.0622 e. The van der Waals surface area contributed by atoms with Crippen LogP contribution in [0.3, 0.4) is 0 Å². The summed E-state index contributed by atoms with van der Waals surface area (Å²) < 4.78 is 0. The molecule has 0 unspecified atom stereocenters. The quantitative estimate of drug-likeness (QED) is 0.605. The number of fused-ring (bicyclic) bond motifs is 2. The van der Waals surface area contributed by atoms with E-state index >= 15 is 0 Å². The highest BCUT2D eigenvalue weighted by Gasteiger charge is 2.48. The maximum atomic E-state index is 2.50. The molecule has 1 saturated carbocycles. The average Bonchev–Trinajstić information content (AvgIpc) is 2.78. The highest BCUT2D eigenvalue weighted by Crippen LogP contribution is 2.56. The summed E-state index contributed by atoms with van der Waals surface area (Å²) >= 11 is 0. The molecule has 2 aliphatic rings. The minimum atomic E-state index is 0.343. The summed E-state index contributed by atoms with van der Waals surface area (Å²) in [6.07, 6.45) is 8.14. The molecule has 126 valence electrons. The molecule has 24 heavy (non-hydrogen) atoms. The summed E-state index contributed by atoms with van der Waals surface area (Å²) in [5, 5.41) is 0. The van der Waals surface area contributed by atoms with Crippen LogP contribution in [0.15, 0.2) is 48.5 Å². The van der Waals surface area contributed by atoms with E-state index in [0.717, 1.165) is 5.92 Å². The molecule has 0 heterocycles. The van der Waals surface area contributed by atoms with Crippen LogP contribution in [0.5, 0.6) is 0 Å². The summed E-state index contributed by atoms with van der Waals surface area (Å²) in [7, 11) is 0. The fourth-order valence-electron chi connectivity index (χ4n) is 5.55. The first-order chi connectivity index (χ1) is 11.5. The van der Waals surface area contributed by atoms with Gasteiger partial charge in [-0.05, 0) is 78.9 Å². The maximum Gasteiger partial charge on any atom is -0.00355 e. The number of rotatable bonds is 2. The van der Waals surface area contributed by atoms with Crippen LogP contribution in [0.2, 0.25) is 0 Å². The van der Waals surface area contributed by atoms with Gasteiger partial charge in [0, 0.05) is 0 Å². The topological polar surface area (TPSA) is 0 Å². The molecular formula is C24H30. The molecule has 0 radical (unpaired) electrons. The summed E-state index contributed by atoms with van der Waals surface area (Å²) in [5.74, 6) is 0.870. The fourth-order valence-corrected chi connectivity index (χ4v) is 5.55. The van der Waals surface area contributed by atoms with E-state index in [1.807, 2.05) is 0 Å². The average molecular weight is 319 g/mol. The number of benzene rings is 2. The Bertz CT molecular complexity index is 715. The zero-order valence-electron chi connectivity index (χ0n) is 15.4. The molecule has 2 aromatic carbocycles. The molecule has 0 amide bonds. The van der Waals surface area contributed by atoms with Crippen LogP contribution in [0, 0.1) is 12.8 Å².